The number of nitrogens with zero attached hydrogens (tertiary/aromatic N) is 5. The van der Waals surface area contributed by atoms with Crippen molar-refractivity contribution in [2.75, 3.05) is 25.4 Å². The lowest BCUT2D eigenvalue weighted by Gasteiger charge is -2.33. The van der Waals surface area contributed by atoms with E-state index in [2.05, 4.69) is 22.2 Å². The van der Waals surface area contributed by atoms with Crippen LogP contribution < -0.4 is 10.5 Å². The zero-order chi connectivity index (χ0) is 27.5. The number of anilines is 1. The number of hydrogen-bond donors (Lipinski definition) is 1. The maximum absolute atomic E-state index is 15.1. The second kappa shape index (κ2) is 10.8. The van der Waals surface area contributed by atoms with Crippen LogP contribution in [0.5, 0.6) is 5.75 Å². The zero-order valence-electron chi connectivity index (χ0n) is 21.9. The predicted molar refractivity (Wildman–Crippen MR) is 140 cm³/mol. The van der Waals surface area contributed by atoms with Crippen LogP contribution in [0.3, 0.4) is 0 Å². The number of nitrogen functional groups attached to an aromatic ring is 1. The maximum Gasteiger partial charge on any atom is 0.410 e. The van der Waals surface area contributed by atoms with E-state index in [4.69, 9.17) is 15.2 Å². The molecule has 0 aliphatic carbocycles. The number of amides is 1. The molecule has 38 heavy (non-hydrogen) atoms. The summed E-state index contributed by atoms with van der Waals surface area (Å²) >= 11 is 0. The molecule has 0 unspecified atom stereocenters. The molecule has 2 N–H and O–H groups in total. The number of unbranched alkanes of at least 4 members (excludes halogenated alkanes) is 1. The van der Waals surface area contributed by atoms with Gasteiger partial charge in [-0.2, -0.15) is 13.9 Å². The summed E-state index contributed by atoms with van der Waals surface area (Å²) in [7, 11) is 0. The lowest BCUT2D eigenvalue weighted by atomic mass is 9.99. The number of halogens is 2. The second-order valence-corrected chi connectivity index (χ2v) is 10.1. The van der Waals surface area contributed by atoms with E-state index in [-0.39, 0.29) is 23.5 Å². The summed E-state index contributed by atoms with van der Waals surface area (Å²) in [5.41, 5.74) is 6.92. The van der Waals surface area contributed by atoms with Crippen LogP contribution in [0.25, 0.3) is 22.5 Å². The molecule has 0 atom stereocenters. The minimum absolute atomic E-state index is 0.0110. The Kier molecular flexibility index (Phi) is 7.66. The number of aromatic nitrogens is 4. The first-order valence-corrected chi connectivity index (χ1v) is 12.5. The van der Waals surface area contributed by atoms with Crippen molar-refractivity contribution < 1.29 is 23.0 Å². The van der Waals surface area contributed by atoms with E-state index in [1.54, 1.807) is 26.8 Å². The van der Waals surface area contributed by atoms with E-state index in [9.17, 15) is 4.79 Å². The summed E-state index contributed by atoms with van der Waals surface area (Å²) in [5.74, 6) is -2.55. The van der Waals surface area contributed by atoms with Gasteiger partial charge in [0.2, 0.25) is 0 Å². The van der Waals surface area contributed by atoms with Crippen LogP contribution in [0.4, 0.5) is 19.4 Å². The summed E-state index contributed by atoms with van der Waals surface area (Å²) in [5, 5.41) is 12.6. The van der Waals surface area contributed by atoms with Gasteiger partial charge in [0.15, 0.2) is 5.82 Å². The van der Waals surface area contributed by atoms with E-state index in [1.807, 2.05) is 24.3 Å². The van der Waals surface area contributed by atoms with Crippen molar-refractivity contribution in [2.24, 2.45) is 0 Å². The molecule has 4 rings (SSSR count). The summed E-state index contributed by atoms with van der Waals surface area (Å²) in [4.78, 5) is 13.3. The van der Waals surface area contributed by atoms with Gasteiger partial charge in [-0.1, -0.05) is 31.6 Å². The highest BCUT2D eigenvalue weighted by molar-refractivity contribution is 5.76. The van der Waals surface area contributed by atoms with Crippen molar-refractivity contribution in [2.45, 2.75) is 52.1 Å². The molecular formula is C27H32F2N6O3. The molecule has 0 saturated heterocycles. The molecule has 1 aliphatic heterocycles. The zero-order valence-corrected chi connectivity index (χ0v) is 21.9. The molecule has 202 valence electrons. The number of carbonyl (C=O) groups excluding carboxylic acids is 1. The number of ether oxygens (including phenoxy) is 2. The molecule has 0 radical (unpaired) electrons. The van der Waals surface area contributed by atoms with Crippen LogP contribution in [0, 0.1) is 0 Å². The van der Waals surface area contributed by atoms with Gasteiger partial charge in [-0.25, -0.2) is 9.48 Å². The van der Waals surface area contributed by atoms with Crippen LogP contribution in [-0.2, 0) is 4.74 Å². The van der Waals surface area contributed by atoms with Crippen molar-refractivity contribution in [1.29, 1.82) is 0 Å². The van der Waals surface area contributed by atoms with Crippen LogP contribution in [-0.4, -0.2) is 62.2 Å². The number of alkyl halides is 2. The topological polar surface area (TPSA) is 108 Å². The average molecular weight is 527 g/mol. The fraction of sp³-hybridized carbons (Fsp3) is 0.407. The lowest BCUT2D eigenvalue weighted by Crippen LogP contribution is -2.46. The Labute approximate surface area is 220 Å². The number of hydrogen-bond acceptors (Lipinski definition) is 7. The number of benzene rings is 1. The van der Waals surface area contributed by atoms with Crippen molar-refractivity contribution >= 4 is 17.5 Å². The average Bonchev–Trinajstić information content (AvgIpc) is 3.32. The molecule has 1 aromatic carbocycles. The summed E-state index contributed by atoms with van der Waals surface area (Å²) in [6.45, 7) is 6.91. The van der Waals surface area contributed by atoms with Crippen LogP contribution in [0.2, 0.25) is 0 Å². The Bertz CT molecular complexity index is 1330. The summed E-state index contributed by atoms with van der Waals surface area (Å²) < 4.78 is 42.8. The van der Waals surface area contributed by atoms with Crippen molar-refractivity contribution in [3.63, 3.8) is 0 Å². The molecule has 3 heterocycles. The molecule has 0 bridgehead atoms. The Balaban J connectivity index is 1.60. The SMILES string of the molecule is CCCCOc1ccccc1-c1cc(-n2cc(C3=CCN(C(=O)OC(C)(C)C)CC3(F)F)cn2)c(N)nn1. The first-order valence-electron chi connectivity index (χ1n) is 12.5. The Hall–Kier alpha value is -4.02. The van der Waals surface area contributed by atoms with Gasteiger partial charge in [0.05, 0.1) is 25.0 Å². The lowest BCUT2D eigenvalue weighted by molar-refractivity contribution is -0.0105. The minimum atomic E-state index is -3.30. The summed E-state index contributed by atoms with van der Waals surface area (Å²) in [6.07, 6.45) is 5.25. The largest absolute Gasteiger partial charge is 0.493 e. The number of carbonyl (C=O) groups is 1. The Morgan fingerprint density at radius 2 is 1.97 bits per heavy atom. The molecule has 9 nitrogen and oxygen atoms in total. The molecule has 2 aromatic heterocycles. The van der Waals surface area contributed by atoms with Gasteiger partial charge in [0.25, 0.3) is 5.92 Å². The van der Waals surface area contributed by atoms with E-state index in [1.165, 1.54) is 23.2 Å². The van der Waals surface area contributed by atoms with Gasteiger partial charge in [-0.15, -0.1) is 10.2 Å². The molecule has 3 aromatic rings. The monoisotopic (exact) mass is 526 g/mol. The fourth-order valence-electron chi connectivity index (χ4n) is 3.97. The minimum Gasteiger partial charge on any atom is -0.493 e. The van der Waals surface area contributed by atoms with Gasteiger partial charge < -0.3 is 15.2 Å². The maximum atomic E-state index is 15.1. The molecule has 0 saturated carbocycles. The van der Waals surface area contributed by atoms with Gasteiger partial charge in [0, 0.05) is 29.4 Å². The van der Waals surface area contributed by atoms with Crippen LogP contribution in [0.1, 0.15) is 46.1 Å². The molecule has 1 aliphatic rings. The van der Waals surface area contributed by atoms with Gasteiger partial charge in [0.1, 0.15) is 17.0 Å². The normalized spacial score (nSPS) is 15.2. The van der Waals surface area contributed by atoms with Gasteiger partial charge in [-0.05, 0) is 45.4 Å². The molecule has 0 spiro atoms. The highest BCUT2D eigenvalue weighted by Crippen LogP contribution is 2.37. The van der Waals surface area contributed by atoms with E-state index >= 15 is 8.78 Å². The molecule has 1 amide bonds. The van der Waals surface area contributed by atoms with Crippen molar-refractivity contribution in [3.8, 4) is 22.7 Å². The first kappa shape index (κ1) is 27.0. The quantitative estimate of drug-likeness (QED) is 0.413. The fourth-order valence-corrected chi connectivity index (χ4v) is 3.97. The van der Waals surface area contributed by atoms with Gasteiger partial charge in [-0.3, -0.25) is 4.90 Å². The molecule has 11 heteroatoms. The highest BCUT2D eigenvalue weighted by Gasteiger charge is 2.42. The smallest absolute Gasteiger partial charge is 0.410 e. The van der Waals surface area contributed by atoms with E-state index in [0.717, 1.165) is 23.3 Å². The Morgan fingerprint density at radius 3 is 2.68 bits per heavy atom. The van der Waals surface area contributed by atoms with Crippen molar-refractivity contribution in [1.82, 2.24) is 24.9 Å². The third-order valence-corrected chi connectivity index (χ3v) is 5.81. The first-order chi connectivity index (χ1) is 18.0. The number of nitrogens with two attached hydrogens (primary N) is 1. The van der Waals surface area contributed by atoms with Crippen molar-refractivity contribution in [3.05, 3.63) is 54.4 Å². The third-order valence-electron chi connectivity index (χ3n) is 5.81. The van der Waals surface area contributed by atoms with Crippen LogP contribution >= 0.6 is 0 Å². The molecular weight excluding hydrogens is 494 g/mol. The standard InChI is InChI=1S/C27H32F2N6O3/c1-5-6-13-37-23-10-8-7-9-19(23)21-14-22(24(30)33-32-21)35-16-18(15-31-35)20-11-12-34(17-27(20,28)29)25(36)38-26(2,3)4/h7-11,14-16H,5-6,12-13,17H2,1-4H3,(H2,30,33). The predicted octanol–water partition coefficient (Wildman–Crippen LogP) is 5.36. The third kappa shape index (κ3) is 6.09. The van der Waals surface area contributed by atoms with E-state index in [0.29, 0.717) is 23.7 Å². The number of rotatable bonds is 7. The van der Waals surface area contributed by atoms with Crippen LogP contribution in [0.15, 0.2) is 48.8 Å². The second-order valence-electron chi connectivity index (χ2n) is 10.1. The highest BCUT2D eigenvalue weighted by atomic mass is 19.3. The summed E-state index contributed by atoms with van der Waals surface area (Å²) in [6, 6.07) is 9.15. The van der Waals surface area contributed by atoms with Gasteiger partial charge >= 0.3 is 6.09 Å². The van der Waals surface area contributed by atoms with E-state index < -0.39 is 24.2 Å². The Morgan fingerprint density at radius 1 is 1.21 bits per heavy atom. The molecule has 0 fully saturated rings. The number of para-hydroxylation sites is 1.